The highest BCUT2D eigenvalue weighted by Crippen LogP contribution is 2.47. The molecule has 6 rings (SSSR count). The lowest BCUT2D eigenvalue weighted by molar-refractivity contribution is -0.139. The van der Waals surface area contributed by atoms with Crippen LogP contribution in [0, 0.1) is 0 Å². The largest absolute Gasteiger partial charge is 0.489 e. The maximum Gasteiger partial charge on any atom is 0.259 e. The molecule has 2 aromatic heterocycles. The van der Waals surface area contributed by atoms with Crippen LogP contribution in [0.4, 0.5) is 5.69 Å². The normalized spacial score (nSPS) is 16.7. The lowest BCUT2D eigenvalue weighted by Crippen LogP contribution is -2.33. The molecule has 4 aromatic rings. The van der Waals surface area contributed by atoms with Gasteiger partial charge in [-0.1, -0.05) is 24.3 Å². The molecule has 7 nitrogen and oxygen atoms in total. The fraction of sp³-hybridized carbons (Fsp3) is 0.233. The number of hydrogen-bond acceptors (Lipinski definition) is 5. The minimum absolute atomic E-state index is 0.238. The van der Waals surface area contributed by atoms with Gasteiger partial charge in [-0.3, -0.25) is 19.5 Å². The maximum atomic E-state index is 13.7. The first kappa shape index (κ1) is 23.0. The minimum Gasteiger partial charge on any atom is -0.489 e. The summed E-state index contributed by atoms with van der Waals surface area (Å²) in [4.78, 5) is 31.5. The average Bonchev–Trinajstić information content (AvgIpc) is 3.39. The fourth-order valence-electron chi connectivity index (χ4n) is 5.44. The molecule has 2 aliphatic heterocycles. The highest BCUT2D eigenvalue weighted by Gasteiger charge is 2.41. The van der Waals surface area contributed by atoms with E-state index in [1.807, 2.05) is 48.5 Å². The van der Waals surface area contributed by atoms with Crippen molar-refractivity contribution >= 4 is 28.4 Å². The zero-order chi connectivity index (χ0) is 25.7. The summed E-state index contributed by atoms with van der Waals surface area (Å²) in [6.45, 7) is 6.38. The Balaban J connectivity index is 1.50. The van der Waals surface area contributed by atoms with Crippen LogP contribution in [0.25, 0.3) is 10.9 Å². The predicted molar refractivity (Wildman–Crippen MR) is 142 cm³/mol. The molecule has 2 aromatic carbocycles. The number of ether oxygens (including phenoxy) is 1. The van der Waals surface area contributed by atoms with Gasteiger partial charge in [0.2, 0.25) is 5.91 Å². The highest BCUT2D eigenvalue weighted by molar-refractivity contribution is 6.11. The van der Waals surface area contributed by atoms with E-state index in [-0.39, 0.29) is 30.3 Å². The van der Waals surface area contributed by atoms with Crippen LogP contribution < -0.4 is 10.1 Å². The number of aromatic nitrogens is 2. The van der Waals surface area contributed by atoms with Gasteiger partial charge in [0.1, 0.15) is 12.4 Å². The Labute approximate surface area is 215 Å². The van der Waals surface area contributed by atoms with Crippen LogP contribution in [-0.2, 0) is 16.2 Å². The zero-order valence-electron chi connectivity index (χ0n) is 21.1. The van der Waals surface area contributed by atoms with Gasteiger partial charge in [0.25, 0.3) is 5.91 Å². The van der Waals surface area contributed by atoms with Crippen molar-refractivity contribution in [1.29, 1.82) is 0 Å². The molecule has 7 heteroatoms. The molecule has 2 amide bonds. The number of rotatable bonds is 5. The minimum atomic E-state index is -0.354. The molecule has 0 aliphatic carbocycles. The molecule has 0 radical (unpaired) electrons. The summed E-state index contributed by atoms with van der Waals surface area (Å²) in [5.41, 5.74) is 6.40. The molecule has 0 bridgehead atoms. The first-order valence-electron chi connectivity index (χ1n) is 12.5. The molecule has 37 heavy (non-hydrogen) atoms. The van der Waals surface area contributed by atoms with Gasteiger partial charge in [-0.15, -0.1) is 0 Å². The van der Waals surface area contributed by atoms with Gasteiger partial charge in [0.05, 0.1) is 17.6 Å². The molecule has 186 valence electrons. The summed E-state index contributed by atoms with van der Waals surface area (Å²) in [5, 5.41) is 4.62. The van der Waals surface area contributed by atoms with Gasteiger partial charge in [0, 0.05) is 59.8 Å². The van der Waals surface area contributed by atoms with Crippen LogP contribution in [0.5, 0.6) is 5.75 Å². The van der Waals surface area contributed by atoms with Crippen LogP contribution in [0.15, 0.2) is 84.5 Å². The third-order valence-corrected chi connectivity index (χ3v) is 7.15. The third kappa shape index (κ3) is 3.87. The Morgan fingerprint density at radius 3 is 2.76 bits per heavy atom. The SMILES string of the molecule is CC(=O)N1CC2=C(C1=O)[C@@H](c1cccc(OCc3cccnc3)c1)c1cn(C(C)C)c3cccc(c13)N2. The van der Waals surface area contributed by atoms with Crippen LogP contribution in [0.3, 0.4) is 0 Å². The van der Waals surface area contributed by atoms with E-state index in [0.717, 1.165) is 39.0 Å². The van der Waals surface area contributed by atoms with Crippen molar-refractivity contribution in [2.75, 3.05) is 11.9 Å². The number of pyridine rings is 1. The quantitative estimate of drug-likeness (QED) is 0.404. The number of hydrogen-bond donors (Lipinski definition) is 1. The summed E-state index contributed by atoms with van der Waals surface area (Å²) >= 11 is 0. The van der Waals surface area contributed by atoms with E-state index in [9.17, 15) is 9.59 Å². The summed E-state index contributed by atoms with van der Waals surface area (Å²) in [6, 6.07) is 18.2. The Kier molecular flexibility index (Phi) is 5.56. The molecule has 0 saturated carbocycles. The first-order chi connectivity index (χ1) is 17.9. The van der Waals surface area contributed by atoms with Gasteiger partial charge in [0.15, 0.2) is 0 Å². The second kappa shape index (κ2) is 8.92. The van der Waals surface area contributed by atoms with Crippen molar-refractivity contribution in [3.63, 3.8) is 0 Å². The smallest absolute Gasteiger partial charge is 0.259 e. The fourth-order valence-corrected chi connectivity index (χ4v) is 5.44. The molecule has 1 N–H and O–H groups in total. The third-order valence-electron chi connectivity index (χ3n) is 7.15. The van der Waals surface area contributed by atoms with Gasteiger partial charge in [-0.25, -0.2) is 0 Å². The highest BCUT2D eigenvalue weighted by atomic mass is 16.5. The van der Waals surface area contributed by atoms with Crippen molar-refractivity contribution in [3.05, 3.63) is 101 Å². The Bertz CT molecular complexity index is 1570. The molecule has 0 saturated heterocycles. The molecular weight excluding hydrogens is 464 g/mol. The van der Waals surface area contributed by atoms with E-state index >= 15 is 0 Å². The summed E-state index contributed by atoms with van der Waals surface area (Å²) in [7, 11) is 0. The summed E-state index contributed by atoms with van der Waals surface area (Å²) in [5.74, 6) is -0.153. The van der Waals surface area contributed by atoms with Crippen LogP contribution >= 0.6 is 0 Å². The van der Waals surface area contributed by atoms with E-state index in [4.69, 9.17) is 4.74 Å². The number of anilines is 1. The van der Waals surface area contributed by atoms with Crippen LogP contribution in [0.1, 0.15) is 49.4 Å². The van der Waals surface area contributed by atoms with E-state index in [2.05, 4.69) is 41.0 Å². The van der Waals surface area contributed by atoms with Crippen LogP contribution in [0.2, 0.25) is 0 Å². The van der Waals surface area contributed by atoms with Gasteiger partial charge in [-0.2, -0.15) is 0 Å². The molecular formula is C30H28N4O3. The molecule has 0 fully saturated rings. The van der Waals surface area contributed by atoms with Crippen molar-refractivity contribution in [1.82, 2.24) is 14.5 Å². The van der Waals surface area contributed by atoms with E-state index in [1.165, 1.54) is 11.8 Å². The Morgan fingerprint density at radius 2 is 2.00 bits per heavy atom. The van der Waals surface area contributed by atoms with E-state index in [0.29, 0.717) is 17.9 Å². The van der Waals surface area contributed by atoms with Crippen molar-refractivity contribution in [2.45, 2.75) is 39.3 Å². The van der Waals surface area contributed by atoms with Crippen LogP contribution in [-0.4, -0.2) is 32.8 Å². The number of carbonyl (C=O) groups excluding carboxylic acids is 2. The number of carbonyl (C=O) groups is 2. The monoisotopic (exact) mass is 492 g/mol. The second-order valence-corrected chi connectivity index (χ2v) is 9.87. The summed E-state index contributed by atoms with van der Waals surface area (Å²) in [6.07, 6.45) is 5.68. The number of benzene rings is 2. The summed E-state index contributed by atoms with van der Waals surface area (Å²) < 4.78 is 8.36. The zero-order valence-corrected chi connectivity index (χ0v) is 21.1. The molecule has 0 unspecified atom stereocenters. The lowest BCUT2D eigenvalue weighted by Gasteiger charge is -2.20. The maximum absolute atomic E-state index is 13.7. The molecule has 2 aliphatic rings. The number of nitrogens with one attached hydrogen (secondary N) is 1. The number of imide groups is 1. The van der Waals surface area contributed by atoms with Crippen molar-refractivity contribution in [3.8, 4) is 5.75 Å². The topological polar surface area (TPSA) is 76.5 Å². The number of amides is 2. The molecule has 1 atom stereocenters. The van der Waals surface area contributed by atoms with E-state index in [1.54, 1.807) is 12.4 Å². The molecule has 0 spiro atoms. The lowest BCUT2D eigenvalue weighted by atomic mass is 9.84. The first-order valence-corrected chi connectivity index (χ1v) is 12.5. The standard InChI is InChI=1S/C30H28N4O3/c1-18(2)33-15-23-27(21-8-4-9-22(13-21)37-17-20-7-6-12-31-14-20)29-25(16-34(19(3)35)30(29)36)32-24-10-5-11-26(33)28(23)24/h4-15,18,27,32H,16-17H2,1-3H3/t27-/m0/s1. The predicted octanol–water partition coefficient (Wildman–Crippen LogP) is 5.40. The van der Waals surface area contributed by atoms with E-state index < -0.39 is 0 Å². The number of nitrogens with zero attached hydrogens (tertiary/aromatic N) is 3. The van der Waals surface area contributed by atoms with Gasteiger partial charge < -0.3 is 14.6 Å². The Morgan fingerprint density at radius 1 is 1.16 bits per heavy atom. The van der Waals surface area contributed by atoms with Crippen molar-refractivity contribution < 1.29 is 14.3 Å². The average molecular weight is 493 g/mol. The second-order valence-electron chi connectivity index (χ2n) is 9.87. The van der Waals surface area contributed by atoms with Gasteiger partial charge in [-0.05, 0) is 55.3 Å². The van der Waals surface area contributed by atoms with Gasteiger partial charge >= 0.3 is 0 Å². The molecule has 4 heterocycles. The Hall–Kier alpha value is -4.39. The van der Waals surface area contributed by atoms with Crippen molar-refractivity contribution in [2.24, 2.45) is 0 Å².